The van der Waals surface area contributed by atoms with Crippen LogP contribution in [0.3, 0.4) is 0 Å². The molecule has 19 heavy (non-hydrogen) atoms. The van der Waals surface area contributed by atoms with E-state index in [9.17, 15) is 0 Å². The first-order valence-corrected chi connectivity index (χ1v) is 6.29. The molecule has 0 aromatic heterocycles. The van der Waals surface area contributed by atoms with Crippen LogP contribution in [0.5, 0.6) is 5.75 Å². The van der Waals surface area contributed by atoms with E-state index in [1.807, 2.05) is 32.0 Å². The molecule has 2 aromatic carbocycles. The molecule has 2 nitrogen and oxygen atoms in total. The van der Waals surface area contributed by atoms with E-state index < -0.39 is 0 Å². The zero-order valence-corrected chi connectivity index (χ0v) is 12.1. The molecule has 2 aromatic rings. The van der Waals surface area contributed by atoms with Gasteiger partial charge in [0.15, 0.2) is 0 Å². The van der Waals surface area contributed by atoms with Gasteiger partial charge in [-0.25, -0.2) is 0 Å². The lowest BCUT2D eigenvalue weighted by Crippen LogP contribution is -2.04. The van der Waals surface area contributed by atoms with Gasteiger partial charge in [-0.15, -0.1) is 12.4 Å². The fraction of sp³-hybridized carbons (Fsp3) is 0.250. The summed E-state index contributed by atoms with van der Waals surface area (Å²) in [5.74, 6) is 0.907. The summed E-state index contributed by atoms with van der Waals surface area (Å²) in [6.07, 6.45) is 0. The Bertz CT molecular complexity index is 508. The van der Waals surface area contributed by atoms with Crippen LogP contribution < -0.4 is 10.5 Å². The number of nitrogens with two attached hydrogens (primary N) is 1. The van der Waals surface area contributed by atoms with Gasteiger partial charge < -0.3 is 10.5 Å². The quantitative estimate of drug-likeness (QED) is 0.909. The van der Waals surface area contributed by atoms with Gasteiger partial charge in [0.1, 0.15) is 5.75 Å². The molecule has 0 aliphatic heterocycles. The molecule has 1 atom stereocenters. The second-order valence-corrected chi connectivity index (χ2v) is 4.37. The maximum Gasteiger partial charge on any atom is 0.119 e. The van der Waals surface area contributed by atoms with Gasteiger partial charge >= 0.3 is 0 Å². The van der Waals surface area contributed by atoms with Crippen molar-refractivity contribution in [2.24, 2.45) is 5.73 Å². The highest BCUT2D eigenvalue weighted by Gasteiger charge is 2.02. The fourth-order valence-electron chi connectivity index (χ4n) is 1.91. The third-order valence-electron chi connectivity index (χ3n) is 2.91. The molecule has 0 aliphatic carbocycles. The molecular weight excluding hydrogens is 258 g/mol. The first kappa shape index (κ1) is 15.5. The van der Waals surface area contributed by atoms with Crippen LogP contribution in [-0.4, -0.2) is 6.61 Å². The number of halogens is 1. The summed E-state index contributed by atoms with van der Waals surface area (Å²) in [7, 11) is 0. The van der Waals surface area contributed by atoms with E-state index in [0.717, 1.165) is 11.3 Å². The van der Waals surface area contributed by atoms with Crippen LogP contribution in [0.25, 0.3) is 11.1 Å². The predicted octanol–water partition coefficient (Wildman–Crippen LogP) is 4.19. The molecule has 0 amide bonds. The van der Waals surface area contributed by atoms with Crippen molar-refractivity contribution in [1.82, 2.24) is 0 Å². The minimum Gasteiger partial charge on any atom is -0.494 e. The number of hydrogen-bond acceptors (Lipinski definition) is 2. The second kappa shape index (κ2) is 7.17. The number of ether oxygens (including phenoxy) is 1. The first-order valence-electron chi connectivity index (χ1n) is 6.29. The van der Waals surface area contributed by atoms with Crippen LogP contribution in [-0.2, 0) is 0 Å². The molecule has 0 unspecified atom stereocenters. The Morgan fingerprint density at radius 2 is 1.74 bits per heavy atom. The van der Waals surface area contributed by atoms with Crippen molar-refractivity contribution in [2.45, 2.75) is 19.9 Å². The summed E-state index contributed by atoms with van der Waals surface area (Å²) in [4.78, 5) is 0. The van der Waals surface area contributed by atoms with E-state index in [4.69, 9.17) is 10.5 Å². The van der Waals surface area contributed by atoms with Crippen LogP contribution in [0, 0.1) is 0 Å². The van der Waals surface area contributed by atoms with Gasteiger partial charge in [0.05, 0.1) is 6.61 Å². The Morgan fingerprint density at radius 1 is 1.05 bits per heavy atom. The molecule has 0 aliphatic rings. The van der Waals surface area contributed by atoms with Crippen molar-refractivity contribution in [1.29, 1.82) is 0 Å². The Balaban J connectivity index is 0.00000180. The monoisotopic (exact) mass is 277 g/mol. The summed E-state index contributed by atoms with van der Waals surface area (Å²) in [6, 6.07) is 16.5. The number of hydrogen-bond donors (Lipinski definition) is 1. The lowest BCUT2D eigenvalue weighted by atomic mass is 10.0. The van der Waals surface area contributed by atoms with E-state index in [0.29, 0.717) is 6.61 Å². The highest BCUT2D eigenvalue weighted by atomic mass is 35.5. The molecule has 0 saturated heterocycles. The summed E-state index contributed by atoms with van der Waals surface area (Å²) in [5, 5.41) is 0. The molecule has 2 rings (SSSR count). The van der Waals surface area contributed by atoms with Gasteiger partial charge in [-0.1, -0.05) is 30.3 Å². The molecular formula is C16H20ClNO. The van der Waals surface area contributed by atoms with Crippen LogP contribution in [0.1, 0.15) is 25.5 Å². The van der Waals surface area contributed by atoms with Crippen LogP contribution >= 0.6 is 12.4 Å². The average Bonchev–Trinajstić information content (AvgIpc) is 2.40. The Kier molecular flexibility index (Phi) is 5.87. The van der Waals surface area contributed by atoms with E-state index in [2.05, 4.69) is 30.3 Å². The van der Waals surface area contributed by atoms with Crippen LogP contribution in [0.2, 0.25) is 0 Å². The second-order valence-electron chi connectivity index (χ2n) is 4.37. The number of benzene rings is 2. The van der Waals surface area contributed by atoms with E-state index in [1.165, 1.54) is 11.1 Å². The normalized spacial score (nSPS) is 11.5. The maximum atomic E-state index is 5.90. The van der Waals surface area contributed by atoms with Crippen molar-refractivity contribution >= 4 is 12.4 Å². The lowest BCUT2D eigenvalue weighted by Gasteiger charge is -2.09. The molecule has 0 spiro atoms. The minimum atomic E-state index is 0. The van der Waals surface area contributed by atoms with Crippen molar-refractivity contribution < 1.29 is 4.74 Å². The average molecular weight is 278 g/mol. The van der Waals surface area contributed by atoms with E-state index in [1.54, 1.807) is 0 Å². The van der Waals surface area contributed by atoms with Gasteiger partial charge in [-0.05, 0) is 48.7 Å². The third-order valence-corrected chi connectivity index (χ3v) is 2.91. The molecule has 0 saturated carbocycles. The van der Waals surface area contributed by atoms with Crippen molar-refractivity contribution in [3.63, 3.8) is 0 Å². The Hall–Kier alpha value is -1.51. The first-order chi connectivity index (χ1) is 8.70. The van der Waals surface area contributed by atoms with Gasteiger partial charge in [0.25, 0.3) is 0 Å². The Morgan fingerprint density at radius 3 is 2.32 bits per heavy atom. The van der Waals surface area contributed by atoms with Gasteiger partial charge in [-0.2, -0.15) is 0 Å². The summed E-state index contributed by atoms with van der Waals surface area (Å²) >= 11 is 0. The van der Waals surface area contributed by atoms with Crippen molar-refractivity contribution in [2.75, 3.05) is 6.61 Å². The maximum absolute atomic E-state index is 5.90. The summed E-state index contributed by atoms with van der Waals surface area (Å²) < 4.78 is 5.44. The van der Waals surface area contributed by atoms with Gasteiger partial charge in [0.2, 0.25) is 0 Å². The third kappa shape index (κ3) is 3.98. The van der Waals surface area contributed by atoms with E-state index >= 15 is 0 Å². The van der Waals surface area contributed by atoms with Crippen LogP contribution in [0.15, 0.2) is 48.5 Å². The predicted molar refractivity (Wildman–Crippen MR) is 82.9 cm³/mol. The zero-order valence-electron chi connectivity index (χ0n) is 11.3. The molecule has 2 N–H and O–H groups in total. The smallest absolute Gasteiger partial charge is 0.119 e. The largest absolute Gasteiger partial charge is 0.494 e. The van der Waals surface area contributed by atoms with E-state index in [-0.39, 0.29) is 18.4 Å². The minimum absolute atomic E-state index is 0. The van der Waals surface area contributed by atoms with Crippen LogP contribution in [0.4, 0.5) is 0 Å². The summed E-state index contributed by atoms with van der Waals surface area (Å²) in [6.45, 7) is 4.68. The van der Waals surface area contributed by atoms with Crippen molar-refractivity contribution in [3.05, 3.63) is 54.1 Å². The molecule has 102 valence electrons. The summed E-state index contributed by atoms with van der Waals surface area (Å²) in [5.41, 5.74) is 9.43. The van der Waals surface area contributed by atoms with Crippen molar-refractivity contribution in [3.8, 4) is 16.9 Å². The Labute approximate surface area is 121 Å². The highest BCUT2D eigenvalue weighted by molar-refractivity contribution is 5.85. The SMILES string of the molecule is CCOc1ccc(-c2cccc([C@H](C)N)c2)cc1.Cl. The van der Waals surface area contributed by atoms with Gasteiger partial charge in [-0.3, -0.25) is 0 Å². The van der Waals surface area contributed by atoms with Gasteiger partial charge in [0, 0.05) is 6.04 Å². The standard InChI is InChI=1S/C16H19NO.ClH/c1-3-18-16-9-7-13(8-10-16)15-6-4-5-14(11-15)12(2)17;/h4-12H,3,17H2,1-2H3;1H/t12-;/m0./s1. The number of rotatable bonds is 4. The molecule has 0 bridgehead atoms. The molecule has 0 heterocycles. The highest BCUT2D eigenvalue weighted by Crippen LogP contribution is 2.24. The zero-order chi connectivity index (χ0) is 13.0. The lowest BCUT2D eigenvalue weighted by molar-refractivity contribution is 0.340. The fourth-order valence-corrected chi connectivity index (χ4v) is 1.91. The molecule has 0 radical (unpaired) electrons. The molecule has 3 heteroatoms. The molecule has 0 fully saturated rings. The topological polar surface area (TPSA) is 35.2 Å².